The zero-order chi connectivity index (χ0) is 6.85. The second-order valence-electron chi connectivity index (χ2n) is 3.14. The summed E-state index contributed by atoms with van der Waals surface area (Å²) in [6, 6.07) is 0.829. The van der Waals surface area contributed by atoms with Crippen LogP contribution in [0.1, 0.15) is 27.2 Å². The zero-order valence-electron chi connectivity index (χ0n) is 6.72. The average molecular weight is 127 g/mol. The maximum absolute atomic E-state index is 2.55. The van der Waals surface area contributed by atoms with Crippen LogP contribution in [0.4, 0.5) is 0 Å². The third-order valence-electron chi connectivity index (χ3n) is 2.68. The maximum Gasteiger partial charge on any atom is 0.00929 e. The van der Waals surface area contributed by atoms with Gasteiger partial charge in [0.05, 0.1) is 0 Å². The van der Waals surface area contributed by atoms with Crippen LogP contribution in [0.25, 0.3) is 0 Å². The van der Waals surface area contributed by atoms with Gasteiger partial charge in [0.1, 0.15) is 0 Å². The molecule has 0 aliphatic carbocycles. The first kappa shape index (κ1) is 7.07. The van der Waals surface area contributed by atoms with Gasteiger partial charge in [-0.05, 0) is 32.4 Å². The first-order valence-corrected chi connectivity index (χ1v) is 3.99. The lowest BCUT2D eigenvalue weighted by molar-refractivity contribution is 0.260. The van der Waals surface area contributed by atoms with Crippen LogP contribution in [-0.4, -0.2) is 24.0 Å². The molecule has 54 valence electrons. The molecule has 1 fully saturated rings. The van der Waals surface area contributed by atoms with Crippen LogP contribution >= 0.6 is 0 Å². The molecule has 0 unspecified atom stereocenters. The molecule has 0 N–H and O–H groups in total. The van der Waals surface area contributed by atoms with Crippen LogP contribution in [0.5, 0.6) is 0 Å². The van der Waals surface area contributed by atoms with Crippen molar-refractivity contribution in [1.29, 1.82) is 0 Å². The van der Waals surface area contributed by atoms with E-state index in [1.165, 1.54) is 19.5 Å². The van der Waals surface area contributed by atoms with Gasteiger partial charge >= 0.3 is 0 Å². The fraction of sp³-hybridized carbons (Fsp3) is 1.00. The second kappa shape index (κ2) is 2.70. The Bertz CT molecular complexity index is 90.6. The van der Waals surface area contributed by atoms with E-state index < -0.39 is 0 Å². The van der Waals surface area contributed by atoms with Crippen molar-refractivity contribution >= 4 is 0 Å². The topological polar surface area (TPSA) is 3.24 Å². The smallest absolute Gasteiger partial charge is 0.00929 e. The molecule has 0 aromatic heterocycles. The molecule has 1 aliphatic rings. The quantitative estimate of drug-likeness (QED) is 0.518. The first-order valence-electron chi connectivity index (χ1n) is 3.99. The van der Waals surface area contributed by atoms with Crippen LogP contribution in [-0.2, 0) is 0 Å². The van der Waals surface area contributed by atoms with E-state index in [0.29, 0.717) is 0 Å². The highest BCUT2D eigenvalue weighted by atomic mass is 15.2. The number of hydrogen-bond acceptors (Lipinski definition) is 1. The van der Waals surface area contributed by atoms with E-state index in [0.717, 1.165) is 12.0 Å². The van der Waals surface area contributed by atoms with E-state index >= 15 is 0 Å². The van der Waals surface area contributed by atoms with Gasteiger partial charge in [-0.2, -0.15) is 0 Å². The Morgan fingerprint density at radius 2 is 2.11 bits per heavy atom. The SMILES string of the molecule is CCN1CC[C@@H](C)[C@@H]1C. The van der Waals surface area contributed by atoms with Gasteiger partial charge in [-0.15, -0.1) is 0 Å². The van der Waals surface area contributed by atoms with Crippen molar-refractivity contribution in [3.8, 4) is 0 Å². The molecule has 1 aliphatic heterocycles. The number of rotatable bonds is 1. The molecular weight excluding hydrogens is 110 g/mol. The summed E-state index contributed by atoms with van der Waals surface area (Å²) in [7, 11) is 0. The number of hydrogen-bond donors (Lipinski definition) is 0. The summed E-state index contributed by atoms with van der Waals surface area (Å²) >= 11 is 0. The van der Waals surface area contributed by atoms with E-state index in [2.05, 4.69) is 25.7 Å². The highest BCUT2D eigenvalue weighted by molar-refractivity contribution is 4.79. The van der Waals surface area contributed by atoms with E-state index in [1.807, 2.05) is 0 Å². The molecule has 1 heteroatoms. The molecule has 0 bridgehead atoms. The van der Waals surface area contributed by atoms with Gasteiger partial charge in [0.15, 0.2) is 0 Å². The van der Waals surface area contributed by atoms with E-state index in [1.54, 1.807) is 0 Å². The Kier molecular flexibility index (Phi) is 2.12. The molecule has 0 aromatic rings. The summed E-state index contributed by atoms with van der Waals surface area (Å²) in [4.78, 5) is 2.55. The van der Waals surface area contributed by atoms with Crippen molar-refractivity contribution in [1.82, 2.24) is 4.90 Å². The van der Waals surface area contributed by atoms with Gasteiger partial charge in [0, 0.05) is 6.04 Å². The summed E-state index contributed by atoms with van der Waals surface area (Å²) in [6.45, 7) is 9.47. The van der Waals surface area contributed by atoms with Gasteiger partial charge in [0.25, 0.3) is 0 Å². The summed E-state index contributed by atoms with van der Waals surface area (Å²) in [5.41, 5.74) is 0. The van der Waals surface area contributed by atoms with E-state index in [-0.39, 0.29) is 0 Å². The van der Waals surface area contributed by atoms with Crippen molar-refractivity contribution < 1.29 is 0 Å². The minimum Gasteiger partial charge on any atom is -0.301 e. The summed E-state index contributed by atoms with van der Waals surface area (Å²) < 4.78 is 0. The molecular formula is C8H17N. The molecule has 1 saturated heterocycles. The van der Waals surface area contributed by atoms with E-state index in [4.69, 9.17) is 0 Å². The highest BCUT2D eigenvalue weighted by Crippen LogP contribution is 2.22. The van der Waals surface area contributed by atoms with Crippen LogP contribution < -0.4 is 0 Å². The summed E-state index contributed by atoms with van der Waals surface area (Å²) in [6.07, 6.45) is 1.40. The van der Waals surface area contributed by atoms with Crippen molar-refractivity contribution in [2.45, 2.75) is 33.2 Å². The number of likely N-dealkylation sites (tertiary alicyclic amines) is 1. The van der Waals surface area contributed by atoms with E-state index in [9.17, 15) is 0 Å². The monoisotopic (exact) mass is 127 g/mol. The Balaban J connectivity index is 2.41. The van der Waals surface area contributed by atoms with Crippen LogP contribution in [0, 0.1) is 5.92 Å². The largest absolute Gasteiger partial charge is 0.301 e. The molecule has 1 heterocycles. The van der Waals surface area contributed by atoms with Crippen LogP contribution in [0.3, 0.4) is 0 Å². The van der Waals surface area contributed by atoms with Crippen LogP contribution in [0.2, 0.25) is 0 Å². The molecule has 0 saturated carbocycles. The Morgan fingerprint density at radius 3 is 2.33 bits per heavy atom. The molecule has 0 spiro atoms. The molecule has 1 rings (SSSR count). The van der Waals surface area contributed by atoms with Gasteiger partial charge in [-0.1, -0.05) is 13.8 Å². The third kappa shape index (κ3) is 1.26. The average Bonchev–Trinajstić information content (AvgIpc) is 2.15. The summed E-state index contributed by atoms with van der Waals surface area (Å²) in [5, 5.41) is 0. The maximum atomic E-state index is 2.55. The Morgan fingerprint density at radius 1 is 1.44 bits per heavy atom. The standard InChI is InChI=1S/C8H17N/c1-4-9-6-5-7(2)8(9)3/h7-8H,4-6H2,1-3H3/t7-,8+/m1/s1. The Hall–Kier alpha value is -0.0400. The molecule has 0 radical (unpaired) electrons. The minimum atomic E-state index is 0.829. The second-order valence-corrected chi connectivity index (χ2v) is 3.14. The molecule has 1 nitrogen and oxygen atoms in total. The zero-order valence-corrected chi connectivity index (χ0v) is 6.72. The van der Waals surface area contributed by atoms with Crippen molar-refractivity contribution in [2.75, 3.05) is 13.1 Å². The van der Waals surface area contributed by atoms with Crippen molar-refractivity contribution in [3.05, 3.63) is 0 Å². The minimum absolute atomic E-state index is 0.829. The van der Waals surface area contributed by atoms with Gasteiger partial charge in [-0.3, -0.25) is 0 Å². The normalized spacial score (nSPS) is 37.7. The van der Waals surface area contributed by atoms with Gasteiger partial charge < -0.3 is 4.90 Å². The van der Waals surface area contributed by atoms with Gasteiger partial charge in [-0.25, -0.2) is 0 Å². The molecule has 0 amide bonds. The fourth-order valence-electron chi connectivity index (χ4n) is 1.62. The third-order valence-corrected chi connectivity index (χ3v) is 2.68. The predicted molar refractivity (Wildman–Crippen MR) is 40.5 cm³/mol. The molecule has 0 aromatic carbocycles. The lowest BCUT2D eigenvalue weighted by Gasteiger charge is -2.20. The molecule has 2 atom stereocenters. The lowest BCUT2D eigenvalue weighted by atomic mass is 10.1. The summed E-state index contributed by atoms with van der Waals surface area (Å²) in [5.74, 6) is 0.921. The number of nitrogens with zero attached hydrogens (tertiary/aromatic N) is 1. The lowest BCUT2D eigenvalue weighted by Crippen LogP contribution is -2.28. The highest BCUT2D eigenvalue weighted by Gasteiger charge is 2.25. The molecule has 9 heavy (non-hydrogen) atoms. The van der Waals surface area contributed by atoms with Crippen LogP contribution in [0.15, 0.2) is 0 Å². The predicted octanol–water partition coefficient (Wildman–Crippen LogP) is 1.74. The first-order chi connectivity index (χ1) is 4.25. The van der Waals surface area contributed by atoms with Crippen molar-refractivity contribution in [3.63, 3.8) is 0 Å². The van der Waals surface area contributed by atoms with Crippen molar-refractivity contribution in [2.24, 2.45) is 5.92 Å². The fourth-order valence-corrected chi connectivity index (χ4v) is 1.62. The van der Waals surface area contributed by atoms with Gasteiger partial charge in [0.2, 0.25) is 0 Å². The Labute approximate surface area is 58.0 Å².